The Hall–Kier alpha value is -2.50. The van der Waals surface area contributed by atoms with Crippen LogP contribution in [0.1, 0.15) is 39.3 Å². The fourth-order valence-corrected chi connectivity index (χ4v) is 2.47. The normalized spacial score (nSPS) is 16.0. The molecule has 0 radical (unpaired) electrons. The molecule has 1 aliphatic rings. The van der Waals surface area contributed by atoms with E-state index in [9.17, 15) is 4.79 Å². The molecule has 0 saturated heterocycles. The van der Waals surface area contributed by atoms with Crippen LogP contribution in [0.2, 0.25) is 0 Å². The van der Waals surface area contributed by atoms with Crippen molar-refractivity contribution in [3.05, 3.63) is 42.1 Å². The Labute approximate surface area is 135 Å². The highest BCUT2D eigenvalue weighted by atomic mass is 16.6. The number of carbonyl (C=O) groups excluding carboxylic acids is 1. The van der Waals surface area contributed by atoms with Crippen LogP contribution in [0.15, 0.2) is 36.4 Å². The van der Waals surface area contributed by atoms with Crippen molar-refractivity contribution in [2.45, 2.75) is 44.8 Å². The number of ether oxygens (including phenoxy) is 1. The molecule has 6 nitrogen and oxygen atoms in total. The third-order valence-electron chi connectivity index (χ3n) is 3.72. The number of nitrogens with one attached hydrogen (secondary N) is 1. The number of alkyl carbamates (subject to hydrolysis) is 1. The first kappa shape index (κ1) is 15.4. The lowest BCUT2D eigenvalue weighted by atomic mass is 10.2. The Morgan fingerprint density at radius 2 is 1.96 bits per heavy atom. The minimum Gasteiger partial charge on any atom is -0.444 e. The monoisotopic (exact) mass is 314 g/mol. The van der Waals surface area contributed by atoms with Gasteiger partial charge in [-0.25, -0.2) is 9.48 Å². The maximum absolute atomic E-state index is 12.1. The molecule has 1 aromatic carbocycles. The van der Waals surface area contributed by atoms with Gasteiger partial charge in [0.05, 0.1) is 16.9 Å². The second-order valence-electron chi connectivity index (χ2n) is 6.91. The molecule has 2 aromatic rings. The quantitative estimate of drug-likeness (QED) is 0.912. The van der Waals surface area contributed by atoms with Gasteiger partial charge >= 0.3 is 6.09 Å². The van der Waals surface area contributed by atoms with Crippen LogP contribution in [0.3, 0.4) is 0 Å². The number of aromatic nitrogens is 2. The van der Waals surface area contributed by atoms with Crippen LogP contribution in [0.25, 0.3) is 5.69 Å². The second-order valence-corrected chi connectivity index (χ2v) is 6.91. The van der Waals surface area contributed by atoms with Gasteiger partial charge in [-0.3, -0.25) is 0 Å². The van der Waals surface area contributed by atoms with Crippen molar-refractivity contribution in [2.75, 3.05) is 5.73 Å². The van der Waals surface area contributed by atoms with Crippen LogP contribution < -0.4 is 11.1 Å². The summed E-state index contributed by atoms with van der Waals surface area (Å²) in [4.78, 5) is 12.1. The molecule has 1 aromatic heterocycles. The van der Waals surface area contributed by atoms with E-state index in [1.165, 1.54) is 0 Å². The molecule has 3 rings (SSSR count). The number of nitrogen functional groups attached to an aromatic ring is 1. The lowest BCUT2D eigenvalue weighted by Gasteiger charge is -2.22. The number of hydrogen-bond donors (Lipinski definition) is 2. The molecule has 1 fully saturated rings. The van der Waals surface area contributed by atoms with E-state index in [0.29, 0.717) is 5.82 Å². The summed E-state index contributed by atoms with van der Waals surface area (Å²) in [5.41, 5.74) is 6.76. The topological polar surface area (TPSA) is 82.2 Å². The van der Waals surface area contributed by atoms with Crippen LogP contribution in [-0.2, 0) is 10.3 Å². The summed E-state index contributed by atoms with van der Waals surface area (Å²) in [7, 11) is 0. The average molecular weight is 314 g/mol. The molecule has 0 bridgehead atoms. The number of anilines is 1. The summed E-state index contributed by atoms with van der Waals surface area (Å²) in [5, 5.41) is 7.52. The maximum Gasteiger partial charge on any atom is 0.408 e. The third-order valence-corrected chi connectivity index (χ3v) is 3.72. The van der Waals surface area contributed by atoms with Gasteiger partial charge in [-0.05, 0) is 45.7 Å². The molecular weight excluding hydrogens is 292 g/mol. The van der Waals surface area contributed by atoms with Gasteiger partial charge in [-0.15, -0.1) is 0 Å². The fraction of sp³-hybridized carbons (Fsp3) is 0.412. The van der Waals surface area contributed by atoms with Gasteiger partial charge in [0.1, 0.15) is 11.4 Å². The molecule has 3 N–H and O–H groups in total. The van der Waals surface area contributed by atoms with Crippen molar-refractivity contribution in [1.82, 2.24) is 15.1 Å². The van der Waals surface area contributed by atoms with Gasteiger partial charge < -0.3 is 15.8 Å². The molecule has 1 saturated carbocycles. The van der Waals surface area contributed by atoms with Crippen LogP contribution in [0.4, 0.5) is 10.6 Å². The van der Waals surface area contributed by atoms with E-state index in [1.54, 1.807) is 4.68 Å². The van der Waals surface area contributed by atoms with Gasteiger partial charge in [0.25, 0.3) is 0 Å². The number of benzene rings is 1. The zero-order valence-corrected chi connectivity index (χ0v) is 13.7. The summed E-state index contributed by atoms with van der Waals surface area (Å²) in [6, 6.07) is 11.5. The zero-order chi connectivity index (χ0) is 16.7. The molecule has 1 amide bonds. The Morgan fingerprint density at radius 3 is 2.52 bits per heavy atom. The van der Waals surface area contributed by atoms with Crippen molar-refractivity contribution >= 4 is 11.9 Å². The fourth-order valence-electron chi connectivity index (χ4n) is 2.47. The lowest BCUT2D eigenvalue weighted by Crippen LogP contribution is -2.39. The zero-order valence-electron chi connectivity index (χ0n) is 13.7. The second kappa shape index (κ2) is 5.30. The first-order valence-electron chi connectivity index (χ1n) is 7.72. The molecule has 1 heterocycles. The average Bonchev–Trinajstić information content (AvgIpc) is 3.11. The molecule has 0 spiro atoms. The highest BCUT2D eigenvalue weighted by Crippen LogP contribution is 2.45. The van der Waals surface area contributed by atoms with E-state index < -0.39 is 17.2 Å². The van der Waals surface area contributed by atoms with E-state index in [-0.39, 0.29) is 0 Å². The van der Waals surface area contributed by atoms with Gasteiger partial charge in [-0.1, -0.05) is 18.2 Å². The number of amides is 1. The van der Waals surface area contributed by atoms with E-state index in [1.807, 2.05) is 57.2 Å². The molecule has 0 atom stereocenters. The maximum atomic E-state index is 12.1. The largest absolute Gasteiger partial charge is 0.444 e. The summed E-state index contributed by atoms with van der Waals surface area (Å²) >= 11 is 0. The molecule has 1 aliphatic carbocycles. The minimum absolute atomic E-state index is 0.428. The van der Waals surface area contributed by atoms with Crippen LogP contribution in [0.5, 0.6) is 0 Å². The summed E-state index contributed by atoms with van der Waals surface area (Å²) in [6.07, 6.45) is 1.23. The van der Waals surface area contributed by atoms with E-state index in [0.717, 1.165) is 24.2 Å². The smallest absolute Gasteiger partial charge is 0.408 e. The highest BCUT2D eigenvalue weighted by molar-refractivity contribution is 5.70. The molecule has 6 heteroatoms. The predicted octanol–water partition coefficient (Wildman–Crippen LogP) is 2.97. The molecule has 23 heavy (non-hydrogen) atoms. The van der Waals surface area contributed by atoms with Gasteiger partial charge in [0.2, 0.25) is 0 Å². The van der Waals surface area contributed by atoms with Gasteiger partial charge in [-0.2, -0.15) is 5.10 Å². The number of rotatable bonds is 3. The summed E-state index contributed by atoms with van der Waals surface area (Å²) < 4.78 is 7.03. The first-order chi connectivity index (χ1) is 10.8. The van der Waals surface area contributed by atoms with Crippen LogP contribution >= 0.6 is 0 Å². The Balaban J connectivity index is 1.81. The number of carbonyl (C=O) groups is 1. The van der Waals surface area contributed by atoms with E-state index >= 15 is 0 Å². The van der Waals surface area contributed by atoms with E-state index in [4.69, 9.17) is 10.5 Å². The highest BCUT2D eigenvalue weighted by Gasteiger charge is 2.49. The van der Waals surface area contributed by atoms with Gasteiger partial charge in [0.15, 0.2) is 0 Å². The Bertz CT molecular complexity index is 712. The predicted molar refractivity (Wildman–Crippen MR) is 88.3 cm³/mol. The molecular formula is C17H22N4O2. The SMILES string of the molecule is CC(C)(C)OC(=O)NC1(c2cc(N)n(-c3ccccc3)n2)CC1. The van der Waals surface area contributed by atoms with E-state index in [2.05, 4.69) is 10.4 Å². The van der Waals surface area contributed by atoms with Crippen LogP contribution in [0, 0.1) is 0 Å². The molecule has 122 valence electrons. The number of nitrogens with two attached hydrogens (primary N) is 1. The Morgan fingerprint density at radius 1 is 1.30 bits per heavy atom. The number of hydrogen-bond acceptors (Lipinski definition) is 4. The van der Waals surface area contributed by atoms with Crippen molar-refractivity contribution in [3.8, 4) is 5.69 Å². The van der Waals surface area contributed by atoms with Crippen molar-refractivity contribution in [3.63, 3.8) is 0 Å². The Kier molecular flexibility index (Phi) is 3.55. The minimum atomic E-state index is -0.525. The first-order valence-corrected chi connectivity index (χ1v) is 7.72. The van der Waals surface area contributed by atoms with Gasteiger partial charge in [0, 0.05) is 6.07 Å². The summed E-state index contributed by atoms with van der Waals surface area (Å²) in [6.45, 7) is 5.52. The lowest BCUT2D eigenvalue weighted by molar-refractivity contribution is 0.0493. The number of nitrogens with zero attached hydrogens (tertiary/aromatic N) is 2. The standard InChI is InChI=1S/C17H22N4O2/c1-16(2,3)23-15(22)19-17(9-10-17)13-11-14(18)21(20-13)12-7-5-4-6-8-12/h4-8,11H,9-10,18H2,1-3H3,(H,19,22). The third kappa shape index (κ3) is 3.31. The number of para-hydroxylation sites is 1. The molecule has 0 unspecified atom stereocenters. The molecule has 0 aliphatic heterocycles. The van der Waals surface area contributed by atoms with Crippen molar-refractivity contribution in [2.24, 2.45) is 0 Å². The summed E-state index contributed by atoms with van der Waals surface area (Å²) in [5.74, 6) is 0.545. The van der Waals surface area contributed by atoms with Crippen molar-refractivity contribution in [1.29, 1.82) is 0 Å². The van der Waals surface area contributed by atoms with Crippen molar-refractivity contribution < 1.29 is 9.53 Å². The van der Waals surface area contributed by atoms with Crippen LogP contribution in [-0.4, -0.2) is 21.5 Å².